The lowest BCUT2D eigenvalue weighted by atomic mass is 10.1. The van der Waals surface area contributed by atoms with Gasteiger partial charge in [0, 0.05) is 43.3 Å². The van der Waals surface area contributed by atoms with Gasteiger partial charge >= 0.3 is 0 Å². The maximum atomic E-state index is 12.4. The normalized spacial score (nSPS) is 14.7. The average Bonchev–Trinajstić information content (AvgIpc) is 2.66. The molecule has 0 atom stereocenters. The molecular formula is C22H35ClN2O. The van der Waals surface area contributed by atoms with Gasteiger partial charge in [-0.2, -0.15) is 0 Å². The Morgan fingerprint density at radius 1 is 0.923 bits per heavy atom. The SMILES string of the molecule is CCCCCCCCCCCC(=O)N1CCN(c2cccc(Cl)c2)CC1. The van der Waals surface area contributed by atoms with Gasteiger partial charge in [0.2, 0.25) is 5.91 Å². The summed E-state index contributed by atoms with van der Waals surface area (Å²) in [5.74, 6) is 0.332. The van der Waals surface area contributed by atoms with E-state index in [9.17, 15) is 4.79 Å². The summed E-state index contributed by atoms with van der Waals surface area (Å²) in [5, 5.41) is 0.770. The highest BCUT2D eigenvalue weighted by atomic mass is 35.5. The van der Waals surface area contributed by atoms with Crippen molar-refractivity contribution >= 4 is 23.2 Å². The Bertz CT molecular complexity index is 527. The average molecular weight is 379 g/mol. The van der Waals surface area contributed by atoms with Crippen molar-refractivity contribution in [3.05, 3.63) is 29.3 Å². The molecule has 1 aliphatic rings. The molecule has 146 valence electrons. The summed E-state index contributed by atoms with van der Waals surface area (Å²) in [7, 11) is 0. The highest BCUT2D eigenvalue weighted by molar-refractivity contribution is 6.30. The van der Waals surface area contributed by atoms with E-state index in [2.05, 4.69) is 17.9 Å². The summed E-state index contributed by atoms with van der Waals surface area (Å²) in [6, 6.07) is 7.97. The van der Waals surface area contributed by atoms with Crippen LogP contribution in [0, 0.1) is 0 Å². The number of anilines is 1. The first kappa shape index (κ1) is 21.1. The van der Waals surface area contributed by atoms with Crippen LogP contribution in [0.5, 0.6) is 0 Å². The van der Waals surface area contributed by atoms with E-state index >= 15 is 0 Å². The van der Waals surface area contributed by atoms with Gasteiger partial charge in [-0.1, -0.05) is 76.0 Å². The molecule has 3 nitrogen and oxygen atoms in total. The van der Waals surface area contributed by atoms with Crippen molar-refractivity contribution < 1.29 is 4.79 Å². The molecule has 4 heteroatoms. The number of amides is 1. The van der Waals surface area contributed by atoms with Gasteiger partial charge in [0.05, 0.1) is 0 Å². The first-order valence-electron chi connectivity index (χ1n) is 10.5. The van der Waals surface area contributed by atoms with Crippen LogP contribution in [0.3, 0.4) is 0 Å². The fourth-order valence-corrected chi connectivity index (χ4v) is 3.82. The Morgan fingerprint density at radius 3 is 2.15 bits per heavy atom. The maximum Gasteiger partial charge on any atom is 0.222 e. The molecule has 0 spiro atoms. The van der Waals surface area contributed by atoms with Crippen LogP contribution in [0.4, 0.5) is 5.69 Å². The molecule has 26 heavy (non-hydrogen) atoms. The number of carbonyl (C=O) groups is 1. The van der Waals surface area contributed by atoms with Crippen molar-refractivity contribution in [1.29, 1.82) is 0 Å². The summed E-state index contributed by atoms with van der Waals surface area (Å²) in [5.41, 5.74) is 1.16. The molecule has 0 bridgehead atoms. The first-order valence-corrected chi connectivity index (χ1v) is 10.9. The Labute approximate surface area is 164 Å². The molecule has 1 heterocycles. The van der Waals surface area contributed by atoms with E-state index in [0.29, 0.717) is 12.3 Å². The number of hydrogen-bond acceptors (Lipinski definition) is 2. The standard InChI is InChI=1S/C22H35ClN2O/c1-2-3-4-5-6-7-8-9-10-14-22(26)25-17-15-24(16-18-25)21-13-11-12-20(23)19-21/h11-13,19H,2-10,14-18H2,1H3. The predicted octanol–water partition coefficient (Wildman–Crippen LogP) is 5.91. The van der Waals surface area contributed by atoms with E-state index in [1.54, 1.807) is 0 Å². The van der Waals surface area contributed by atoms with Gasteiger partial charge in [0.15, 0.2) is 0 Å². The quantitative estimate of drug-likeness (QED) is 0.447. The summed E-state index contributed by atoms with van der Waals surface area (Å²) < 4.78 is 0. The monoisotopic (exact) mass is 378 g/mol. The molecule has 2 rings (SSSR count). The summed E-state index contributed by atoms with van der Waals surface area (Å²) in [6.07, 6.45) is 12.4. The molecule has 1 aromatic carbocycles. The van der Waals surface area contributed by atoms with Crippen LogP contribution >= 0.6 is 11.6 Å². The minimum atomic E-state index is 0.332. The van der Waals surface area contributed by atoms with E-state index in [4.69, 9.17) is 11.6 Å². The minimum Gasteiger partial charge on any atom is -0.368 e. The van der Waals surface area contributed by atoms with Crippen LogP contribution in [-0.2, 0) is 4.79 Å². The molecule has 0 unspecified atom stereocenters. The van der Waals surface area contributed by atoms with Crippen LogP contribution in [0.2, 0.25) is 5.02 Å². The summed E-state index contributed by atoms with van der Waals surface area (Å²) in [6.45, 7) is 5.69. The third-order valence-electron chi connectivity index (χ3n) is 5.30. The number of hydrogen-bond donors (Lipinski definition) is 0. The smallest absolute Gasteiger partial charge is 0.222 e. The van der Waals surface area contributed by atoms with E-state index in [1.165, 1.54) is 51.4 Å². The minimum absolute atomic E-state index is 0.332. The van der Waals surface area contributed by atoms with Gasteiger partial charge in [-0.3, -0.25) is 4.79 Å². The van der Waals surface area contributed by atoms with Crippen LogP contribution in [0.15, 0.2) is 24.3 Å². The van der Waals surface area contributed by atoms with Gasteiger partial charge in [0.25, 0.3) is 0 Å². The zero-order chi connectivity index (χ0) is 18.6. The number of unbranched alkanes of at least 4 members (excludes halogenated alkanes) is 8. The molecule has 1 fully saturated rings. The zero-order valence-corrected chi connectivity index (χ0v) is 17.1. The van der Waals surface area contributed by atoms with Crippen molar-refractivity contribution in [3.63, 3.8) is 0 Å². The van der Waals surface area contributed by atoms with Gasteiger partial charge in [-0.25, -0.2) is 0 Å². The molecule has 0 aliphatic carbocycles. The number of halogens is 1. The number of nitrogens with zero attached hydrogens (tertiary/aromatic N) is 2. The van der Waals surface area contributed by atoms with Crippen molar-refractivity contribution in [2.45, 2.75) is 71.1 Å². The van der Waals surface area contributed by atoms with Crippen molar-refractivity contribution in [2.24, 2.45) is 0 Å². The Balaban J connectivity index is 1.54. The fourth-order valence-electron chi connectivity index (χ4n) is 3.63. The molecule has 0 radical (unpaired) electrons. The number of piperazine rings is 1. The van der Waals surface area contributed by atoms with Crippen LogP contribution < -0.4 is 4.90 Å². The molecule has 0 aromatic heterocycles. The largest absolute Gasteiger partial charge is 0.368 e. The fraction of sp³-hybridized carbons (Fsp3) is 0.682. The first-order chi connectivity index (χ1) is 12.7. The van der Waals surface area contributed by atoms with Gasteiger partial charge < -0.3 is 9.80 Å². The predicted molar refractivity (Wildman–Crippen MR) is 112 cm³/mol. The molecule has 1 amide bonds. The lowest BCUT2D eigenvalue weighted by Crippen LogP contribution is -2.48. The van der Waals surface area contributed by atoms with Gasteiger partial charge in [0.1, 0.15) is 0 Å². The summed E-state index contributed by atoms with van der Waals surface area (Å²) >= 11 is 6.08. The maximum absolute atomic E-state index is 12.4. The Kier molecular flexibility index (Phi) is 9.91. The van der Waals surface area contributed by atoms with Gasteiger partial charge in [-0.05, 0) is 24.6 Å². The number of carbonyl (C=O) groups excluding carboxylic acids is 1. The second-order valence-corrected chi connectivity index (χ2v) is 7.86. The topological polar surface area (TPSA) is 23.6 Å². The summed E-state index contributed by atoms with van der Waals surface area (Å²) in [4.78, 5) is 16.7. The second-order valence-electron chi connectivity index (χ2n) is 7.43. The molecule has 0 saturated carbocycles. The van der Waals surface area contributed by atoms with Crippen LogP contribution in [0.1, 0.15) is 71.1 Å². The third kappa shape index (κ3) is 7.57. The highest BCUT2D eigenvalue weighted by Gasteiger charge is 2.20. The van der Waals surface area contributed by atoms with Crippen LogP contribution in [0.25, 0.3) is 0 Å². The number of benzene rings is 1. The lowest BCUT2D eigenvalue weighted by molar-refractivity contribution is -0.131. The molecular weight excluding hydrogens is 344 g/mol. The van der Waals surface area contributed by atoms with E-state index in [1.807, 2.05) is 23.1 Å². The van der Waals surface area contributed by atoms with Crippen LogP contribution in [-0.4, -0.2) is 37.0 Å². The lowest BCUT2D eigenvalue weighted by Gasteiger charge is -2.36. The van der Waals surface area contributed by atoms with Crippen molar-refractivity contribution in [2.75, 3.05) is 31.1 Å². The van der Waals surface area contributed by atoms with E-state index in [0.717, 1.165) is 43.3 Å². The zero-order valence-electron chi connectivity index (χ0n) is 16.4. The Hall–Kier alpha value is -1.22. The Morgan fingerprint density at radius 2 is 1.54 bits per heavy atom. The molecule has 1 saturated heterocycles. The second kappa shape index (κ2) is 12.2. The van der Waals surface area contributed by atoms with E-state index < -0.39 is 0 Å². The number of rotatable bonds is 11. The highest BCUT2D eigenvalue weighted by Crippen LogP contribution is 2.21. The molecule has 1 aromatic rings. The molecule has 1 aliphatic heterocycles. The van der Waals surface area contributed by atoms with Crippen molar-refractivity contribution in [3.8, 4) is 0 Å². The molecule has 0 N–H and O–H groups in total. The van der Waals surface area contributed by atoms with E-state index in [-0.39, 0.29) is 0 Å². The third-order valence-corrected chi connectivity index (χ3v) is 5.54. The van der Waals surface area contributed by atoms with Gasteiger partial charge in [-0.15, -0.1) is 0 Å². The van der Waals surface area contributed by atoms with Crippen molar-refractivity contribution in [1.82, 2.24) is 4.90 Å².